The third kappa shape index (κ3) is 4.88. The summed E-state index contributed by atoms with van der Waals surface area (Å²) in [6.45, 7) is 5.16. The molecule has 1 aliphatic rings. The Labute approximate surface area is 195 Å². The molecule has 176 valence electrons. The van der Waals surface area contributed by atoms with Gasteiger partial charge in [-0.1, -0.05) is 38.1 Å². The number of amides is 1. The van der Waals surface area contributed by atoms with Gasteiger partial charge in [0.2, 0.25) is 0 Å². The largest absolute Gasteiger partial charge is 0.507 e. The third-order valence-corrected chi connectivity index (χ3v) is 5.90. The van der Waals surface area contributed by atoms with Crippen LogP contribution in [0.1, 0.15) is 42.5 Å². The highest BCUT2D eigenvalue weighted by Gasteiger charge is 2.45. The molecule has 0 unspecified atom stereocenters. The van der Waals surface area contributed by atoms with Crippen molar-refractivity contribution in [2.75, 3.05) is 41.4 Å². The highest BCUT2D eigenvalue weighted by atomic mass is 16.5. The van der Waals surface area contributed by atoms with Gasteiger partial charge in [-0.05, 0) is 49.3 Å². The van der Waals surface area contributed by atoms with Crippen LogP contribution in [-0.4, -0.2) is 68.0 Å². The highest BCUT2D eigenvalue weighted by Crippen LogP contribution is 2.40. The minimum absolute atomic E-state index is 0.0725. The summed E-state index contributed by atoms with van der Waals surface area (Å²) in [5.41, 5.74) is 2.38. The maximum Gasteiger partial charge on any atom is 0.295 e. The zero-order valence-corrected chi connectivity index (χ0v) is 20.1. The van der Waals surface area contributed by atoms with E-state index in [-0.39, 0.29) is 11.3 Å². The van der Waals surface area contributed by atoms with Gasteiger partial charge in [0.15, 0.2) is 11.5 Å². The summed E-state index contributed by atoms with van der Waals surface area (Å²) in [5, 5.41) is 11.2. The second kappa shape index (κ2) is 10.1. The number of carbonyl (C=O) groups excluding carboxylic acids is 2. The van der Waals surface area contributed by atoms with Crippen molar-refractivity contribution in [3.63, 3.8) is 0 Å². The van der Waals surface area contributed by atoms with Gasteiger partial charge in [-0.2, -0.15) is 0 Å². The number of likely N-dealkylation sites (tertiary alicyclic amines) is 1. The Morgan fingerprint density at radius 1 is 1.03 bits per heavy atom. The predicted molar refractivity (Wildman–Crippen MR) is 128 cm³/mol. The number of Topliss-reactive ketones (excluding diaryl/α,β-unsaturated/α-hetero) is 1. The fraction of sp³-hybridized carbons (Fsp3) is 0.385. The number of carbonyl (C=O) groups is 2. The number of likely N-dealkylation sites (N-methyl/N-ethyl adjacent to an activating group) is 1. The molecule has 1 N–H and O–H groups in total. The predicted octanol–water partition coefficient (Wildman–Crippen LogP) is 3.81. The quantitative estimate of drug-likeness (QED) is 0.373. The van der Waals surface area contributed by atoms with Crippen molar-refractivity contribution < 1.29 is 24.2 Å². The molecule has 0 aliphatic carbocycles. The van der Waals surface area contributed by atoms with Crippen LogP contribution in [0.5, 0.6) is 11.5 Å². The number of methoxy groups -OCH3 is 2. The van der Waals surface area contributed by atoms with E-state index in [1.165, 1.54) is 14.2 Å². The van der Waals surface area contributed by atoms with Gasteiger partial charge in [-0.25, -0.2) is 0 Å². The van der Waals surface area contributed by atoms with E-state index in [1.54, 1.807) is 23.1 Å². The molecule has 33 heavy (non-hydrogen) atoms. The Bertz CT molecular complexity index is 1060. The molecule has 0 bridgehead atoms. The number of hydrogen-bond acceptors (Lipinski definition) is 6. The van der Waals surface area contributed by atoms with Crippen molar-refractivity contribution in [1.29, 1.82) is 0 Å². The maximum atomic E-state index is 13.1. The normalized spacial score (nSPS) is 17.8. The van der Waals surface area contributed by atoms with Crippen molar-refractivity contribution in [3.05, 3.63) is 64.7 Å². The van der Waals surface area contributed by atoms with Gasteiger partial charge >= 0.3 is 0 Å². The van der Waals surface area contributed by atoms with Crippen LogP contribution in [0.15, 0.2) is 48.0 Å². The SMILES string of the molecule is COc1ccc(/C(O)=C2\C(=O)C(=O)N(CCN(C)C)[C@@H]2c2ccc(C(C)C)cc2)cc1OC. The molecule has 1 aliphatic heterocycles. The average molecular weight is 453 g/mol. The summed E-state index contributed by atoms with van der Waals surface area (Å²) < 4.78 is 10.6. The van der Waals surface area contributed by atoms with E-state index in [9.17, 15) is 14.7 Å². The summed E-state index contributed by atoms with van der Waals surface area (Å²) in [5.74, 6) is -0.274. The molecule has 0 saturated carbocycles. The van der Waals surface area contributed by atoms with Crippen LogP contribution in [-0.2, 0) is 9.59 Å². The molecule has 1 atom stereocenters. The van der Waals surface area contributed by atoms with Crippen molar-refractivity contribution in [3.8, 4) is 11.5 Å². The Kier molecular flexibility index (Phi) is 7.43. The number of ether oxygens (including phenoxy) is 2. The topological polar surface area (TPSA) is 79.3 Å². The van der Waals surface area contributed by atoms with Crippen molar-refractivity contribution >= 4 is 17.4 Å². The number of ketones is 1. The van der Waals surface area contributed by atoms with Gasteiger partial charge in [0.25, 0.3) is 11.7 Å². The first kappa shape index (κ1) is 24.3. The minimum atomic E-state index is -0.695. The van der Waals surface area contributed by atoms with E-state index in [0.717, 1.165) is 11.1 Å². The minimum Gasteiger partial charge on any atom is -0.507 e. The molecule has 0 aromatic heterocycles. The summed E-state index contributed by atoms with van der Waals surface area (Å²) >= 11 is 0. The molecular weight excluding hydrogens is 420 g/mol. The molecule has 0 radical (unpaired) electrons. The molecule has 1 saturated heterocycles. The zero-order chi connectivity index (χ0) is 24.3. The van der Waals surface area contributed by atoms with E-state index in [4.69, 9.17) is 9.47 Å². The number of benzene rings is 2. The van der Waals surface area contributed by atoms with Crippen molar-refractivity contribution in [1.82, 2.24) is 9.80 Å². The van der Waals surface area contributed by atoms with Crippen molar-refractivity contribution in [2.45, 2.75) is 25.8 Å². The molecule has 2 aromatic carbocycles. The van der Waals surface area contributed by atoms with E-state index >= 15 is 0 Å². The van der Waals surface area contributed by atoms with Gasteiger partial charge < -0.3 is 24.4 Å². The van der Waals surface area contributed by atoms with Gasteiger partial charge in [0.05, 0.1) is 25.8 Å². The van der Waals surface area contributed by atoms with Crippen molar-refractivity contribution in [2.24, 2.45) is 0 Å². The Morgan fingerprint density at radius 2 is 1.67 bits per heavy atom. The van der Waals surface area contributed by atoms with Crippen LogP contribution in [0, 0.1) is 0 Å². The molecular formula is C26H32N2O5. The fourth-order valence-corrected chi connectivity index (χ4v) is 3.97. The third-order valence-electron chi connectivity index (χ3n) is 5.90. The van der Waals surface area contributed by atoms with E-state index in [0.29, 0.717) is 36.1 Å². The highest BCUT2D eigenvalue weighted by molar-refractivity contribution is 6.46. The molecule has 3 rings (SSSR count). The zero-order valence-electron chi connectivity index (χ0n) is 20.1. The first-order chi connectivity index (χ1) is 15.7. The number of aliphatic hydroxyl groups is 1. The lowest BCUT2D eigenvalue weighted by Gasteiger charge is -2.27. The number of aliphatic hydroxyl groups excluding tert-OH is 1. The smallest absolute Gasteiger partial charge is 0.295 e. The Morgan fingerprint density at radius 3 is 2.21 bits per heavy atom. The molecule has 0 spiro atoms. The Balaban J connectivity index is 2.15. The molecule has 7 nitrogen and oxygen atoms in total. The van der Waals surface area contributed by atoms with Crippen LogP contribution in [0.4, 0.5) is 0 Å². The molecule has 2 aromatic rings. The fourth-order valence-electron chi connectivity index (χ4n) is 3.97. The Hall–Kier alpha value is -3.32. The maximum absolute atomic E-state index is 13.1. The van der Waals surface area contributed by atoms with Crippen LogP contribution in [0.2, 0.25) is 0 Å². The molecule has 7 heteroatoms. The summed E-state index contributed by atoms with van der Waals surface area (Å²) in [4.78, 5) is 29.6. The van der Waals surface area contributed by atoms with Crippen LogP contribution < -0.4 is 9.47 Å². The van der Waals surface area contributed by atoms with E-state index in [1.807, 2.05) is 43.3 Å². The van der Waals surface area contributed by atoms with Gasteiger partial charge in [0.1, 0.15) is 5.76 Å². The summed E-state index contributed by atoms with van der Waals surface area (Å²) in [6.07, 6.45) is 0. The van der Waals surface area contributed by atoms with Gasteiger partial charge in [-0.3, -0.25) is 9.59 Å². The number of rotatable bonds is 8. The van der Waals surface area contributed by atoms with Gasteiger partial charge in [-0.15, -0.1) is 0 Å². The first-order valence-corrected chi connectivity index (χ1v) is 10.9. The second-order valence-electron chi connectivity index (χ2n) is 8.69. The van der Waals surface area contributed by atoms with Gasteiger partial charge in [0, 0.05) is 18.7 Å². The lowest BCUT2D eigenvalue weighted by molar-refractivity contribution is -0.140. The van der Waals surface area contributed by atoms with Crippen LogP contribution in [0.3, 0.4) is 0 Å². The van der Waals surface area contributed by atoms with Crippen LogP contribution in [0.25, 0.3) is 5.76 Å². The van der Waals surface area contributed by atoms with E-state index < -0.39 is 17.7 Å². The average Bonchev–Trinajstić information content (AvgIpc) is 3.06. The first-order valence-electron chi connectivity index (χ1n) is 10.9. The second-order valence-corrected chi connectivity index (χ2v) is 8.69. The lowest BCUT2D eigenvalue weighted by atomic mass is 9.93. The standard InChI is InChI=1S/C26H32N2O5/c1-16(2)17-7-9-18(10-8-17)23-22(25(30)26(31)28(23)14-13-27(3)4)24(29)19-11-12-20(32-5)21(15-19)33-6/h7-12,15-16,23,29H,13-14H2,1-6H3/b24-22+/t23-/m1/s1. The lowest BCUT2D eigenvalue weighted by Crippen LogP contribution is -2.35. The molecule has 1 fully saturated rings. The van der Waals surface area contributed by atoms with E-state index in [2.05, 4.69) is 13.8 Å². The molecule has 1 heterocycles. The monoisotopic (exact) mass is 452 g/mol. The van der Waals surface area contributed by atoms with Crippen LogP contribution >= 0.6 is 0 Å². The number of hydrogen-bond donors (Lipinski definition) is 1. The number of nitrogens with zero attached hydrogens (tertiary/aromatic N) is 2. The molecule has 1 amide bonds. The summed E-state index contributed by atoms with van der Waals surface area (Å²) in [7, 11) is 6.84. The summed E-state index contributed by atoms with van der Waals surface area (Å²) in [6, 6.07) is 12.1.